The molecule has 0 radical (unpaired) electrons. The summed E-state index contributed by atoms with van der Waals surface area (Å²) in [5.41, 5.74) is 13.8. The molecule has 10 heteroatoms. The molecule has 154 valence electrons. The van der Waals surface area contributed by atoms with Crippen molar-refractivity contribution in [3.63, 3.8) is 0 Å². The lowest BCUT2D eigenvalue weighted by Gasteiger charge is -2.09. The first kappa shape index (κ1) is 22.1. The average molecular weight is 418 g/mol. The number of carbonyl (C=O) groups excluding carboxylic acids is 2. The number of fused-ring (bicyclic) bond motifs is 1. The van der Waals surface area contributed by atoms with E-state index in [4.69, 9.17) is 11.5 Å². The van der Waals surface area contributed by atoms with Crippen LogP contribution in [0.25, 0.3) is 11.0 Å². The Morgan fingerprint density at radius 2 is 2.00 bits per heavy atom. The number of hydrogen-bond acceptors (Lipinski definition) is 5. The number of hydrogen-bond donors (Lipinski definition) is 3. The van der Waals surface area contributed by atoms with E-state index in [0.717, 1.165) is 11.2 Å². The molecule has 0 spiro atoms. The van der Waals surface area contributed by atoms with Crippen molar-refractivity contribution in [2.45, 2.75) is 26.9 Å². The SMILES string of the molecule is CCn1nc(C)cc1C(=O)Nc1nc2cc(C(N)=O)ccc2n1CC=CCN.Cl. The fraction of sp³-hybridized carbons (Fsp3) is 0.263. The minimum Gasteiger partial charge on any atom is -0.366 e. The van der Waals surface area contributed by atoms with Crippen LogP contribution in [0.1, 0.15) is 33.5 Å². The molecule has 0 aliphatic heterocycles. The number of aromatic nitrogens is 4. The lowest BCUT2D eigenvalue weighted by molar-refractivity contribution is 0.0996. The maximum absolute atomic E-state index is 12.8. The first-order chi connectivity index (χ1) is 13.4. The number of imidazole rings is 1. The molecule has 29 heavy (non-hydrogen) atoms. The van der Waals surface area contributed by atoms with E-state index >= 15 is 0 Å². The number of nitrogens with zero attached hydrogens (tertiary/aromatic N) is 4. The Morgan fingerprint density at radius 3 is 2.66 bits per heavy atom. The van der Waals surface area contributed by atoms with Crippen LogP contribution < -0.4 is 16.8 Å². The van der Waals surface area contributed by atoms with Gasteiger partial charge in [-0.2, -0.15) is 5.10 Å². The van der Waals surface area contributed by atoms with Gasteiger partial charge in [0.25, 0.3) is 5.91 Å². The summed E-state index contributed by atoms with van der Waals surface area (Å²) in [6, 6.07) is 6.73. The number of aryl methyl sites for hydroxylation is 2. The van der Waals surface area contributed by atoms with Crippen molar-refractivity contribution in [1.29, 1.82) is 0 Å². The first-order valence-electron chi connectivity index (χ1n) is 8.95. The van der Waals surface area contributed by atoms with Crippen molar-refractivity contribution in [1.82, 2.24) is 19.3 Å². The number of nitrogens with one attached hydrogen (secondary N) is 1. The molecule has 0 aliphatic rings. The fourth-order valence-electron chi connectivity index (χ4n) is 2.97. The number of amides is 2. The van der Waals surface area contributed by atoms with Crippen LogP contribution in [0.4, 0.5) is 5.95 Å². The highest BCUT2D eigenvalue weighted by Gasteiger charge is 2.18. The van der Waals surface area contributed by atoms with E-state index in [1.165, 1.54) is 0 Å². The van der Waals surface area contributed by atoms with Crippen LogP contribution in [0.5, 0.6) is 0 Å². The van der Waals surface area contributed by atoms with Crippen molar-refractivity contribution in [2.75, 3.05) is 11.9 Å². The summed E-state index contributed by atoms with van der Waals surface area (Å²) in [4.78, 5) is 28.8. The number of anilines is 1. The summed E-state index contributed by atoms with van der Waals surface area (Å²) >= 11 is 0. The molecule has 2 amide bonds. The van der Waals surface area contributed by atoms with E-state index in [1.807, 2.05) is 30.6 Å². The second-order valence-corrected chi connectivity index (χ2v) is 6.26. The molecule has 3 rings (SSSR count). The van der Waals surface area contributed by atoms with Crippen LogP contribution in [0, 0.1) is 6.92 Å². The normalized spacial score (nSPS) is 11.0. The number of halogens is 1. The molecule has 0 bridgehead atoms. The van der Waals surface area contributed by atoms with Crippen LogP contribution in [0.3, 0.4) is 0 Å². The van der Waals surface area contributed by atoms with Crippen LogP contribution in [0.15, 0.2) is 36.4 Å². The Morgan fingerprint density at radius 1 is 1.24 bits per heavy atom. The number of benzene rings is 1. The van der Waals surface area contributed by atoms with Crippen LogP contribution in [0.2, 0.25) is 0 Å². The monoisotopic (exact) mass is 417 g/mol. The maximum Gasteiger partial charge on any atom is 0.276 e. The van der Waals surface area contributed by atoms with Crippen molar-refractivity contribution in [3.8, 4) is 0 Å². The molecular formula is C19H24ClN7O2. The number of rotatable bonds is 7. The van der Waals surface area contributed by atoms with Crippen molar-refractivity contribution in [3.05, 3.63) is 53.4 Å². The van der Waals surface area contributed by atoms with Crippen molar-refractivity contribution < 1.29 is 9.59 Å². The predicted octanol–water partition coefficient (Wildman–Crippen LogP) is 1.85. The van der Waals surface area contributed by atoms with Gasteiger partial charge in [0.15, 0.2) is 0 Å². The summed E-state index contributed by atoms with van der Waals surface area (Å²) in [7, 11) is 0. The number of allylic oxidation sites excluding steroid dienone is 1. The molecule has 2 aromatic heterocycles. The van der Waals surface area contributed by atoms with Gasteiger partial charge in [-0.05, 0) is 38.1 Å². The summed E-state index contributed by atoms with van der Waals surface area (Å²) in [5, 5.41) is 7.15. The highest BCUT2D eigenvalue weighted by Crippen LogP contribution is 2.22. The average Bonchev–Trinajstić information content (AvgIpc) is 3.21. The van der Waals surface area contributed by atoms with Gasteiger partial charge in [0.05, 0.1) is 16.7 Å². The number of primary amides is 1. The standard InChI is InChI=1S/C19H23N7O2.ClH/c1-3-26-16(10-12(2)24-26)18(28)23-19-22-14-11-13(17(21)27)6-7-15(14)25(19)9-5-4-8-20;/h4-7,10-11H,3,8-9,20H2,1-2H3,(H2,21,27)(H,22,23,28);1H. The van der Waals surface area contributed by atoms with Gasteiger partial charge in [-0.25, -0.2) is 4.98 Å². The van der Waals surface area contributed by atoms with Gasteiger partial charge in [0.2, 0.25) is 11.9 Å². The third kappa shape index (κ3) is 4.64. The van der Waals surface area contributed by atoms with E-state index in [1.54, 1.807) is 28.9 Å². The second kappa shape index (κ2) is 9.35. The largest absolute Gasteiger partial charge is 0.366 e. The quantitative estimate of drug-likeness (QED) is 0.504. The van der Waals surface area contributed by atoms with Crippen molar-refractivity contribution >= 4 is 41.2 Å². The molecular weight excluding hydrogens is 394 g/mol. The van der Waals surface area contributed by atoms with Gasteiger partial charge in [-0.15, -0.1) is 12.4 Å². The molecule has 0 saturated heterocycles. The molecule has 5 N–H and O–H groups in total. The Balaban J connectivity index is 0.00000300. The van der Waals surface area contributed by atoms with Gasteiger partial charge >= 0.3 is 0 Å². The van der Waals surface area contributed by atoms with E-state index in [0.29, 0.717) is 42.4 Å². The van der Waals surface area contributed by atoms with E-state index in [2.05, 4.69) is 15.4 Å². The molecule has 9 nitrogen and oxygen atoms in total. The molecule has 1 aromatic carbocycles. The molecule has 0 saturated carbocycles. The van der Waals surface area contributed by atoms with Gasteiger partial charge < -0.3 is 16.0 Å². The number of carbonyl (C=O) groups is 2. The van der Waals surface area contributed by atoms with Crippen molar-refractivity contribution in [2.24, 2.45) is 11.5 Å². The van der Waals surface area contributed by atoms with Crippen LogP contribution in [-0.2, 0) is 13.1 Å². The molecule has 0 atom stereocenters. The van der Waals surface area contributed by atoms with Gasteiger partial charge in [-0.3, -0.25) is 19.6 Å². The van der Waals surface area contributed by atoms with E-state index < -0.39 is 5.91 Å². The van der Waals surface area contributed by atoms with Crippen LogP contribution >= 0.6 is 12.4 Å². The third-order valence-corrected chi connectivity index (χ3v) is 4.28. The summed E-state index contributed by atoms with van der Waals surface area (Å²) < 4.78 is 3.47. The van der Waals surface area contributed by atoms with E-state index in [-0.39, 0.29) is 18.3 Å². The third-order valence-electron chi connectivity index (χ3n) is 4.28. The highest BCUT2D eigenvalue weighted by atomic mass is 35.5. The van der Waals surface area contributed by atoms with Gasteiger partial charge in [0.1, 0.15) is 5.69 Å². The molecule has 2 heterocycles. The first-order valence-corrected chi connectivity index (χ1v) is 8.95. The highest BCUT2D eigenvalue weighted by molar-refractivity contribution is 6.03. The Bertz CT molecular complexity index is 1070. The lowest BCUT2D eigenvalue weighted by Crippen LogP contribution is -2.19. The zero-order valence-corrected chi connectivity index (χ0v) is 17.1. The minimum absolute atomic E-state index is 0. The van der Waals surface area contributed by atoms with E-state index in [9.17, 15) is 9.59 Å². The molecule has 0 fully saturated rings. The maximum atomic E-state index is 12.8. The summed E-state index contributed by atoms with van der Waals surface area (Å²) in [5.74, 6) is -0.478. The van der Waals surface area contributed by atoms with Crippen LogP contribution in [-0.4, -0.2) is 37.7 Å². The number of nitrogens with two attached hydrogens (primary N) is 2. The zero-order valence-electron chi connectivity index (χ0n) is 16.3. The topological polar surface area (TPSA) is 134 Å². The molecule has 3 aromatic rings. The summed E-state index contributed by atoms with van der Waals surface area (Å²) in [6.07, 6.45) is 3.71. The Kier molecular flexibility index (Phi) is 7.13. The second-order valence-electron chi connectivity index (χ2n) is 6.26. The smallest absolute Gasteiger partial charge is 0.276 e. The minimum atomic E-state index is -0.535. The fourth-order valence-corrected chi connectivity index (χ4v) is 2.97. The molecule has 0 aliphatic carbocycles. The zero-order chi connectivity index (χ0) is 20.3. The van der Waals surface area contributed by atoms with Gasteiger partial charge in [0, 0.05) is 25.2 Å². The van der Waals surface area contributed by atoms with Gasteiger partial charge in [-0.1, -0.05) is 12.2 Å². The molecule has 0 unspecified atom stereocenters. The predicted molar refractivity (Wildman–Crippen MR) is 114 cm³/mol. The Hall–Kier alpha value is -3.17. The lowest BCUT2D eigenvalue weighted by atomic mass is 10.2. The summed E-state index contributed by atoms with van der Waals surface area (Å²) in [6.45, 7) is 5.21. The Labute approximate surface area is 174 Å².